The molecule has 2 aromatic heterocycles. The van der Waals surface area contributed by atoms with E-state index in [0.29, 0.717) is 0 Å². The van der Waals surface area contributed by atoms with E-state index in [1.165, 1.54) is 0 Å². The fraction of sp³-hybridized carbons (Fsp3) is 0.182. The van der Waals surface area contributed by atoms with E-state index in [1.54, 1.807) is 0 Å². The van der Waals surface area contributed by atoms with Gasteiger partial charge < -0.3 is 14.2 Å². The summed E-state index contributed by atoms with van der Waals surface area (Å²) in [5, 5.41) is 9.37. The molecule has 0 bridgehead atoms. The summed E-state index contributed by atoms with van der Waals surface area (Å²) in [7, 11) is 0. The first-order valence-electron chi connectivity index (χ1n) is 9.20. The van der Waals surface area contributed by atoms with E-state index >= 15 is 0 Å². The second kappa shape index (κ2) is 6.33. The van der Waals surface area contributed by atoms with E-state index in [9.17, 15) is 5.26 Å². The van der Waals surface area contributed by atoms with Crippen LogP contribution >= 0.6 is 0 Å². The number of aromatic nitrogens is 2. The van der Waals surface area contributed by atoms with Crippen LogP contribution in [0, 0.1) is 11.3 Å². The van der Waals surface area contributed by atoms with Gasteiger partial charge in [-0.25, -0.2) is 4.98 Å². The summed E-state index contributed by atoms with van der Waals surface area (Å²) in [4.78, 5) is 9.62. The zero-order valence-corrected chi connectivity index (χ0v) is 14.9. The Balaban J connectivity index is 1.47. The van der Waals surface area contributed by atoms with Crippen LogP contribution in [0.3, 0.4) is 0 Å². The number of benzene rings is 2. The summed E-state index contributed by atoms with van der Waals surface area (Å²) in [6.07, 6.45) is 2.10. The van der Waals surface area contributed by atoms with Crippen molar-refractivity contribution in [2.24, 2.45) is 0 Å². The molecular formula is C22H19N5. The van der Waals surface area contributed by atoms with Gasteiger partial charge in [-0.1, -0.05) is 24.3 Å². The van der Waals surface area contributed by atoms with Gasteiger partial charge in [0.25, 0.3) is 0 Å². The van der Waals surface area contributed by atoms with Crippen molar-refractivity contribution in [3.8, 4) is 6.07 Å². The van der Waals surface area contributed by atoms with Crippen LogP contribution in [0.4, 0.5) is 11.5 Å². The smallest absolute Gasteiger partial charge is 0.153 e. The van der Waals surface area contributed by atoms with Crippen molar-refractivity contribution in [3.63, 3.8) is 0 Å². The van der Waals surface area contributed by atoms with Crippen molar-refractivity contribution in [1.82, 2.24) is 9.38 Å². The molecule has 1 saturated heterocycles. The minimum Gasteiger partial charge on any atom is -0.367 e. The summed E-state index contributed by atoms with van der Waals surface area (Å²) in [6, 6.07) is 22.6. The largest absolute Gasteiger partial charge is 0.367 e. The molecule has 5 heteroatoms. The summed E-state index contributed by atoms with van der Waals surface area (Å²) in [5.74, 6) is 1.03. The minimum absolute atomic E-state index is 0.740. The van der Waals surface area contributed by atoms with Crippen LogP contribution in [0.2, 0.25) is 0 Å². The van der Waals surface area contributed by atoms with Crippen molar-refractivity contribution in [3.05, 3.63) is 72.4 Å². The van der Waals surface area contributed by atoms with Crippen LogP contribution in [0.25, 0.3) is 16.6 Å². The summed E-state index contributed by atoms with van der Waals surface area (Å²) in [5.41, 5.74) is 5.04. The van der Waals surface area contributed by atoms with Gasteiger partial charge in [0.2, 0.25) is 0 Å². The maximum atomic E-state index is 9.37. The van der Waals surface area contributed by atoms with Crippen LogP contribution < -0.4 is 9.80 Å². The van der Waals surface area contributed by atoms with Gasteiger partial charge in [0.1, 0.15) is 6.07 Å². The van der Waals surface area contributed by atoms with Gasteiger partial charge in [0.15, 0.2) is 5.82 Å². The van der Waals surface area contributed by atoms with Crippen molar-refractivity contribution < 1.29 is 0 Å². The third kappa shape index (κ3) is 2.58. The van der Waals surface area contributed by atoms with Crippen molar-refractivity contribution in [2.75, 3.05) is 36.0 Å². The van der Waals surface area contributed by atoms with Crippen LogP contribution in [0.5, 0.6) is 0 Å². The number of nitriles is 1. The van der Waals surface area contributed by atoms with Crippen LogP contribution in [0.1, 0.15) is 5.56 Å². The molecule has 5 rings (SSSR count). The maximum Gasteiger partial charge on any atom is 0.153 e. The number of fused-ring (bicyclic) bond motifs is 3. The molecule has 0 atom stereocenters. The van der Waals surface area contributed by atoms with Crippen LogP contribution in [-0.2, 0) is 0 Å². The summed E-state index contributed by atoms with van der Waals surface area (Å²) in [6.45, 7) is 3.51. The van der Waals surface area contributed by atoms with E-state index in [2.05, 4.69) is 56.8 Å². The first kappa shape index (κ1) is 15.7. The standard InChI is InChI=1S/C22H19N5/c23-16-17-6-1-3-8-19(17)25-12-14-26(15-13-25)22-21-10-5-11-27(21)20-9-4-2-7-18(20)24-22/h1-11H,12-15H2. The van der Waals surface area contributed by atoms with Crippen molar-refractivity contribution in [2.45, 2.75) is 0 Å². The molecule has 0 radical (unpaired) electrons. The molecule has 0 N–H and O–H groups in total. The van der Waals surface area contributed by atoms with E-state index in [4.69, 9.17) is 4.98 Å². The third-order valence-corrected chi connectivity index (χ3v) is 5.29. The average Bonchev–Trinajstić information content (AvgIpc) is 3.23. The Hall–Kier alpha value is -3.52. The van der Waals surface area contributed by atoms with Crippen molar-refractivity contribution >= 4 is 28.1 Å². The lowest BCUT2D eigenvalue weighted by molar-refractivity contribution is 0.649. The molecule has 4 aromatic rings. The normalized spacial score (nSPS) is 14.6. The number of anilines is 2. The molecular weight excluding hydrogens is 334 g/mol. The fourth-order valence-corrected chi connectivity index (χ4v) is 3.94. The van der Waals surface area contributed by atoms with Gasteiger partial charge in [-0.15, -0.1) is 0 Å². The second-order valence-corrected chi connectivity index (χ2v) is 6.79. The van der Waals surface area contributed by atoms with Gasteiger partial charge >= 0.3 is 0 Å². The number of piperazine rings is 1. The SMILES string of the molecule is N#Cc1ccccc1N1CCN(c2nc3ccccc3n3cccc23)CC1. The van der Waals surface area contributed by atoms with E-state index in [-0.39, 0.29) is 0 Å². The third-order valence-electron chi connectivity index (χ3n) is 5.29. The first-order chi connectivity index (χ1) is 13.3. The lowest BCUT2D eigenvalue weighted by Crippen LogP contribution is -2.47. The Morgan fingerprint density at radius 1 is 0.778 bits per heavy atom. The highest BCUT2D eigenvalue weighted by Gasteiger charge is 2.22. The van der Waals surface area contributed by atoms with Gasteiger partial charge in [0.05, 0.1) is 27.8 Å². The highest BCUT2D eigenvalue weighted by atomic mass is 15.3. The number of para-hydroxylation sites is 3. The predicted octanol–water partition coefficient (Wildman–Crippen LogP) is 3.69. The predicted molar refractivity (Wildman–Crippen MR) is 108 cm³/mol. The molecule has 1 fully saturated rings. The number of rotatable bonds is 2. The Bertz CT molecular complexity index is 1160. The highest BCUT2D eigenvalue weighted by molar-refractivity contribution is 5.85. The molecule has 2 aromatic carbocycles. The van der Waals surface area contributed by atoms with Gasteiger partial charge in [-0.2, -0.15) is 5.26 Å². The van der Waals surface area contributed by atoms with E-state index in [1.807, 2.05) is 30.3 Å². The summed E-state index contributed by atoms with van der Waals surface area (Å²) < 4.78 is 2.22. The van der Waals surface area contributed by atoms with Crippen molar-refractivity contribution in [1.29, 1.82) is 5.26 Å². The quantitative estimate of drug-likeness (QED) is 0.551. The average molecular weight is 353 g/mol. The number of hydrogen-bond donors (Lipinski definition) is 0. The Morgan fingerprint density at radius 2 is 1.48 bits per heavy atom. The molecule has 5 nitrogen and oxygen atoms in total. The lowest BCUT2D eigenvalue weighted by Gasteiger charge is -2.37. The second-order valence-electron chi connectivity index (χ2n) is 6.79. The molecule has 27 heavy (non-hydrogen) atoms. The molecule has 0 spiro atoms. The fourth-order valence-electron chi connectivity index (χ4n) is 3.94. The molecule has 1 aliphatic heterocycles. The van der Waals surface area contributed by atoms with Gasteiger partial charge in [-0.05, 0) is 36.4 Å². The van der Waals surface area contributed by atoms with E-state index < -0.39 is 0 Å². The summed E-state index contributed by atoms with van der Waals surface area (Å²) >= 11 is 0. The van der Waals surface area contributed by atoms with Crippen LogP contribution in [0.15, 0.2) is 66.9 Å². The highest BCUT2D eigenvalue weighted by Crippen LogP contribution is 2.27. The Labute approximate surface area is 157 Å². The lowest BCUT2D eigenvalue weighted by atomic mass is 10.1. The molecule has 0 aliphatic carbocycles. The molecule has 1 aliphatic rings. The number of nitrogens with zero attached hydrogens (tertiary/aromatic N) is 5. The van der Waals surface area contributed by atoms with Crippen LogP contribution in [-0.4, -0.2) is 35.6 Å². The maximum absolute atomic E-state index is 9.37. The zero-order valence-electron chi connectivity index (χ0n) is 14.9. The topological polar surface area (TPSA) is 47.6 Å². The molecule has 132 valence electrons. The van der Waals surface area contributed by atoms with E-state index in [0.717, 1.165) is 59.8 Å². The molecule has 0 amide bonds. The monoisotopic (exact) mass is 353 g/mol. The zero-order chi connectivity index (χ0) is 18.2. The van der Waals surface area contributed by atoms with Gasteiger partial charge in [-0.3, -0.25) is 0 Å². The Morgan fingerprint density at radius 3 is 2.33 bits per heavy atom. The first-order valence-corrected chi connectivity index (χ1v) is 9.20. The van der Waals surface area contributed by atoms with Gasteiger partial charge in [0, 0.05) is 32.4 Å². The number of hydrogen-bond acceptors (Lipinski definition) is 4. The minimum atomic E-state index is 0.740. The molecule has 0 saturated carbocycles. The molecule has 3 heterocycles. The molecule has 0 unspecified atom stereocenters. The Kier molecular flexibility index (Phi) is 3.68.